The van der Waals surface area contributed by atoms with Crippen molar-refractivity contribution in [1.29, 1.82) is 0 Å². The maximum absolute atomic E-state index is 12.6. The lowest BCUT2D eigenvalue weighted by Crippen LogP contribution is -2.31. The molecule has 0 saturated carbocycles. The van der Waals surface area contributed by atoms with Crippen molar-refractivity contribution < 1.29 is 4.79 Å². The molecule has 2 N–H and O–H groups in total. The summed E-state index contributed by atoms with van der Waals surface area (Å²) in [5.41, 5.74) is 5.43. The average molecular weight is 416 g/mol. The molecule has 6 nitrogen and oxygen atoms in total. The number of anilines is 4. The van der Waals surface area contributed by atoms with Crippen LogP contribution in [0, 0.1) is 20.8 Å². The van der Waals surface area contributed by atoms with Crippen LogP contribution in [0.4, 0.5) is 23.1 Å². The van der Waals surface area contributed by atoms with E-state index in [4.69, 9.17) is 4.98 Å². The lowest BCUT2D eigenvalue weighted by molar-refractivity contribution is 0.102. The largest absolute Gasteiger partial charge is 0.341 e. The fourth-order valence-electron chi connectivity index (χ4n) is 3.95. The molecule has 0 spiro atoms. The molecule has 160 valence electrons. The number of nitrogens with one attached hydrogen (secondary N) is 2. The van der Waals surface area contributed by atoms with E-state index >= 15 is 0 Å². The van der Waals surface area contributed by atoms with E-state index in [1.165, 1.54) is 19.3 Å². The van der Waals surface area contributed by atoms with Crippen molar-refractivity contribution in [3.63, 3.8) is 0 Å². The smallest absolute Gasteiger partial charge is 0.255 e. The van der Waals surface area contributed by atoms with Gasteiger partial charge in [0, 0.05) is 41.8 Å². The van der Waals surface area contributed by atoms with Crippen LogP contribution in [0.5, 0.6) is 0 Å². The number of carbonyl (C=O) groups excluding carboxylic acids is 1. The van der Waals surface area contributed by atoms with Crippen LogP contribution in [0.15, 0.2) is 48.5 Å². The number of hydrogen-bond acceptors (Lipinski definition) is 5. The highest BCUT2D eigenvalue weighted by Crippen LogP contribution is 2.22. The highest BCUT2D eigenvalue weighted by molar-refractivity contribution is 6.04. The minimum Gasteiger partial charge on any atom is -0.341 e. The zero-order valence-electron chi connectivity index (χ0n) is 18.4. The van der Waals surface area contributed by atoms with Gasteiger partial charge in [0.2, 0.25) is 5.95 Å². The summed E-state index contributed by atoms with van der Waals surface area (Å²) in [6.45, 7) is 8.01. The molecule has 1 aliphatic rings. The molecule has 31 heavy (non-hydrogen) atoms. The summed E-state index contributed by atoms with van der Waals surface area (Å²) < 4.78 is 0. The number of aromatic nitrogens is 2. The summed E-state index contributed by atoms with van der Waals surface area (Å²) >= 11 is 0. The van der Waals surface area contributed by atoms with Crippen molar-refractivity contribution in [2.75, 3.05) is 28.6 Å². The van der Waals surface area contributed by atoms with Gasteiger partial charge in [0.1, 0.15) is 5.82 Å². The molecule has 0 radical (unpaired) electrons. The van der Waals surface area contributed by atoms with Crippen LogP contribution in [0.25, 0.3) is 0 Å². The minimum atomic E-state index is -0.106. The molecule has 1 aliphatic heterocycles. The third kappa shape index (κ3) is 5.40. The lowest BCUT2D eigenvalue weighted by Gasteiger charge is -2.27. The predicted molar refractivity (Wildman–Crippen MR) is 126 cm³/mol. The first-order valence-corrected chi connectivity index (χ1v) is 10.8. The highest BCUT2D eigenvalue weighted by Gasteiger charge is 2.15. The van der Waals surface area contributed by atoms with Crippen molar-refractivity contribution in [1.82, 2.24) is 9.97 Å². The first-order valence-electron chi connectivity index (χ1n) is 10.8. The van der Waals surface area contributed by atoms with Gasteiger partial charge < -0.3 is 15.5 Å². The molecule has 0 bridgehead atoms. The van der Waals surface area contributed by atoms with Crippen LogP contribution in [0.1, 0.15) is 46.4 Å². The topological polar surface area (TPSA) is 70.2 Å². The van der Waals surface area contributed by atoms with Crippen LogP contribution < -0.4 is 15.5 Å². The summed E-state index contributed by atoms with van der Waals surface area (Å²) in [7, 11) is 0. The highest BCUT2D eigenvalue weighted by atomic mass is 16.1. The first-order chi connectivity index (χ1) is 15.0. The van der Waals surface area contributed by atoms with Crippen LogP contribution >= 0.6 is 0 Å². The predicted octanol–water partition coefficient (Wildman–Crippen LogP) is 5.39. The van der Waals surface area contributed by atoms with Crippen molar-refractivity contribution in [3.05, 3.63) is 70.9 Å². The van der Waals surface area contributed by atoms with E-state index in [0.717, 1.165) is 53.1 Å². The molecule has 0 unspecified atom stereocenters. The number of benzene rings is 2. The van der Waals surface area contributed by atoms with Gasteiger partial charge in [-0.2, -0.15) is 4.98 Å². The van der Waals surface area contributed by atoms with Gasteiger partial charge in [0.05, 0.1) is 0 Å². The Morgan fingerprint density at radius 3 is 2.16 bits per heavy atom. The van der Waals surface area contributed by atoms with Crippen LogP contribution in [0.2, 0.25) is 0 Å². The molecule has 3 aromatic rings. The third-order valence-electron chi connectivity index (χ3n) is 5.38. The van der Waals surface area contributed by atoms with Gasteiger partial charge in [-0.05, 0) is 76.4 Å². The zero-order chi connectivity index (χ0) is 21.8. The molecule has 1 aromatic heterocycles. The Morgan fingerprint density at radius 2 is 1.48 bits per heavy atom. The maximum Gasteiger partial charge on any atom is 0.255 e. The molecule has 4 rings (SSSR count). The van der Waals surface area contributed by atoms with Crippen molar-refractivity contribution in [3.8, 4) is 0 Å². The third-order valence-corrected chi connectivity index (χ3v) is 5.38. The standard InChI is InChI=1S/C25H29N5O/c1-17-13-18(2)15-20(14-17)24(31)28-22-9-7-21(8-10-22)27-23-16-19(3)26-25(29-23)30-11-5-4-6-12-30/h7-10,13-16H,4-6,11-12H2,1-3H3,(H,28,31)(H,26,27,29). The molecule has 0 aliphatic carbocycles. The summed E-state index contributed by atoms with van der Waals surface area (Å²) in [5, 5.41) is 6.33. The SMILES string of the molecule is Cc1cc(C)cc(C(=O)Nc2ccc(Nc3cc(C)nc(N4CCCCC4)n3)cc2)c1. The number of nitrogens with zero attached hydrogens (tertiary/aromatic N) is 3. The van der Waals surface area contributed by atoms with Gasteiger partial charge in [-0.25, -0.2) is 4.98 Å². The van der Waals surface area contributed by atoms with Gasteiger partial charge in [-0.15, -0.1) is 0 Å². The molecular formula is C25H29N5O. The van der Waals surface area contributed by atoms with Crippen molar-refractivity contribution >= 4 is 29.0 Å². The number of aryl methyl sites for hydroxylation is 3. The van der Waals surface area contributed by atoms with Gasteiger partial charge in [0.15, 0.2) is 0 Å². The average Bonchev–Trinajstić information content (AvgIpc) is 2.75. The second kappa shape index (κ2) is 9.16. The molecule has 1 amide bonds. The molecule has 2 aromatic carbocycles. The van der Waals surface area contributed by atoms with E-state index in [2.05, 4.69) is 26.6 Å². The quantitative estimate of drug-likeness (QED) is 0.585. The van der Waals surface area contributed by atoms with E-state index in [9.17, 15) is 4.79 Å². The Bertz CT molecular complexity index is 1050. The molecule has 6 heteroatoms. The van der Waals surface area contributed by atoms with Gasteiger partial charge in [-0.3, -0.25) is 4.79 Å². The summed E-state index contributed by atoms with van der Waals surface area (Å²) in [6, 6.07) is 15.5. The van der Waals surface area contributed by atoms with E-state index in [1.54, 1.807) is 0 Å². The second-order valence-corrected chi connectivity index (χ2v) is 8.28. The van der Waals surface area contributed by atoms with Crippen molar-refractivity contribution in [2.45, 2.75) is 40.0 Å². The number of carbonyl (C=O) groups is 1. The van der Waals surface area contributed by atoms with Gasteiger partial charge in [0.25, 0.3) is 5.91 Å². The Balaban J connectivity index is 1.44. The first kappa shape index (κ1) is 20.8. The van der Waals surface area contributed by atoms with E-state index in [-0.39, 0.29) is 5.91 Å². The summed E-state index contributed by atoms with van der Waals surface area (Å²) in [4.78, 5) is 24.2. The Labute approximate surface area is 183 Å². The molecule has 1 fully saturated rings. The fourth-order valence-corrected chi connectivity index (χ4v) is 3.95. The van der Waals surface area contributed by atoms with Crippen LogP contribution in [0.3, 0.4) is 0 Å². The van der Waals surface area contributed by atoms with Gasteiger partial charge in [-0.1, -0.05) is 17.2 Å². The monoisotopic (exact) mass is 415 g/mol. The van der Waals surface area contributed by atoms with E-state index < -0.39 is 0 Å². The molecule has 2 heterocycles. The maximum atomic E-state index is 12.6. The van der Waals surface area contributed by atoms with Crippen LogP contribution in [-0.2, 0) is 0 Å². The number of piperidine rings is 1. The van der Waals surface area contributed by atoms with Gasteiger partial charge >= 0.3 is 0 Å². The van der Waals surface area contributed by atoms with Crippen LogP contribution in [-0.4, -0.2) is 29.0 Å². The summed E-state index contributed by atoms with van der Waals surface area (Å²) in [6.07, 6.45) is 3.66. The molecule has 0 atom stereocenters. The van der Waals surface area contributed by atoms with E-state index in [0.29, 0.717) is 5.56 Å². The fraction of sp³-hybridized carbons (Fsp3) is 0.320. The molecular weight excluding hydrogens is 386 g/mol. The Hall–Kier alpha value is -3.41. The zero-order valence-corrected chi connectivity index (χ0v) is 18.4. The van der Waals surface area contributed by atoms with Crippen molar-refractivity contribution in [2.24, 2.45) is 0 Å². The van der Waals surface area contributed by atoms with E-state index in [1.807, 2.05) is 63.2 Å². The Kier molecular flexibility index (Phi) is 6.16. The summed E-state index contributed by atoms with van der Waals surface area (Å²) in [5.74, 6) is 1.46. The molecule has 1 saturated heterocycles. The number of amides is 1. The minimum absolute atomic E-state index is 0.106. The normalized spacial score (nSPS) is 13.7. The number of rotatable bonds is 5. The Morgan fingerprint density at radius 1 is 0.839 bits per heavy atom. The number of hydrogen-bond donors (Lipinski definition) is 2. The second-order valence-electron chi connectivity index (χ2n) is 8.28. The lowest BCUT2D eigenvalue weighted by atomic mass is 10.1.